The van der Waals surface area contributed by atoms with Crippen LogP contribution in [0.3, 0.4) is 0 Å². The minimum absolute atomic E-state index is 0.141. The van der Waals surface area contributed by atoms with E-state index in [2.05, 4.69) is 6.58 Å². The van der Waals surface area contributed by atoms with Crippen LogP contribution in [0.4, 0.5) is 13.2 Å². The number of rotatable bonds is 3. The topological polar surface area (TPSA) is 54.4 Å². The first-order valence-electron chi connectivity index (χ1n) is 4.41. The third-order valence-electron chi connectivity index (χ3n) is 2.03. The van der Waals surface area contributed by atoms with Crippen molar-refractivity contribution in [1.82, 2.24) is 0 Å². The van der Waals surface area contributed by atoms with Gasteiger partial charge in [-0.3, -0.25) is 4.55 Å². The lowest BCUT2D eigenvalue weighted by molar-refractivity contribution is -0.137. The minimum Gasteiger partial charge on any atom is -0.285 e. The highest BCUT2D eigenvalue weighted by molar-refractivity contribution is 7.85. The van der Waals surface area contributed by atoms with E-state index in [1.807, 2.05) is 0 Å². The Balaban J connectivity index is 3.30. The van der Waals surface area contributed by atoms with Crippen molar-refractivity contribution in [2.45, 2.75) is 11.9 Å². The summed E-state index contributed by atoms with van der Waals surface area (Å²) in [7, 11) is -4.39. The van der Waals surface area contributed by atoms with Gasteiger partial charge in [0.05, 0.1) is 5.56 Å². The summed E-state index contributed by atoms with van der Waals surface area (Å²) in [6.45, 7) is 3.36. The molecule has 0 aliphatic rings. The number of alkyl halides is 3. The molecule has 3 nitrogen and oxygen atoms in total. The van der Waals surface area contributed by atoms with Gasteiger partial charge in [-0.05, 0) is 23.3 Å². The van der Waals surface area contributed by atoms with Crippen LogP contribution >= 0.6 is 0 Å². The molecule has 1 rings (SSSR count). The third kappa shape index (κ3) is 3.86. The maximum absolute atomic E-state index is 12.4. The molecule has 17 heavy (non-hydrogen) atoms. The lowest BCUT2D eigenvalue weighted by Crippen LogP contribution is -2.08. The molecule has 0 heterocycles. The zero-order valence-corrected chi connectivity index (χ0v) is 9.35. The summed E-state index contributed by atoms with van der Waals surface area (Å²) in [4.78, 5) is 0. The molecule has 1 aromatic carbocycles. The number of hydrogen-bond donors (Lipinski definition) is 1. The largest absolute Gasteiger partial charge is 0.416 e. The van der Waals surface area contributed by atoms with Crippen LogP contribution < -0.4 is 0 Å². The molecule has 0 radical (unpaired) electrons. The standard InChI is InChI=1S/C10H9F3O3S/c1-2-7-3-4-9(10(11,12)13)5-8(7)6-17(14,15)16/h2-5H,1,6H2,(H,14,15,16). The van der Waals surface area contributed by atoms with Gasteiger partial charge < -0.3 is 0 Å². The Hall–Kier alpha value is -1.34. The molecule has 0 unspecified atom stereocenters. The van der Waals surface area contributed by atoms with Gasteiger partial charge in [0.2, 0.25) is 0 Å². The number of halogens is 3. The Morgan fingerprint density at radius 1 is 1.35 bits per heavy atom. The summed E-state index contributed by atoms with van der Waals surface area (Å²) in [6.07, 6.45) is -3.34. The van der Waals surface area contributed by atoms with Crippen molar-refractivity contribution in [1.29, 1.82) is 0 Å². The molecule has 0 spiro atoms. The smallest absolute Gasteiger partial charge is 0.285 e. The molecule has 94 valence electrons. The Bertz CT molecular complexity index is 532. The van der Waals surface area contributed by atoms with Gasteiger partial charge in [0.25, 0.3) is 10.1 Å². The summed E-state index contributed by atoms with van der Waals surface area (Å²) < 4.78 is 67.2. The van der Waals surface area contributed by atoms with Gasteiger partial charge in [-0.1, -0.05) is 18.7 Å². The molecule has 1 N–H and O–H groups in total. The molecule has 0 atom stereocenters. The number of hydrogen-bond acceptors (Lipinski definition) is 2. The first-order chi connectivity index (χ1) is 7.63. The second kappa shape index (κ2) is 4.50. The SMILES string of the molecule is C=Cc1ccc(C(F)(F)F)cc1CS(=O)(=O)O. The molecule has 0 bridgehead atoms. The molecule has 0 aliphatic carbocycles. The molecule has 0 saturated carbocycles. The van der Waals surface area contributed by atoms with Crippen molar-refractivity contribution in [3.63, 3.8) is 0 Å². The Morgan fingerprint density at radius 2 is 1.94 bits per heavy atom. The van der Waals surface area contributed by atoms with Crippen LogP contribution in [0.25, 0.3) is 6.08 Å². The minimum atomic E-state index is -4.56. The lowest BCUT2D eigenvalue weighted by Gasteiger charge is -2.10. The molecule has 0 amide bonds. The van der Waals surface area contributed by atoms with E-state index in [4.69, 9.17) is 4.55 Å². The average Bonchev–Trinajstić information content (AvgIpc) is 2.13. The van der Waals surface area contributed by atoms with Crippen LogP contribution in [0.1, 0.15) is 16.7 Å². The lowest BCUT2D eigenvalue weighted by atomic mass is 10.0. The van der Waals surface area contributed by atoms with E-state index in [0.29, 0.717) is 6.07 Å². The monoisotopic (exact) mass is 266 g/mol. The van der Waals surface area contributed by atoms with E-state index >= 15 is 0 Å². The molecular formula is C10H9F3O3S. The second-order valence-corrected chi connectivity index (χ2v) is 4.79. The van der Waals surface area contributed by atoms with Crippen molar-refractivity contribution < 1.29 is 26.1 Å². The van der Waals surface area contributed by atoms with E-state index in [0.717, 1.165) is 12.1 Å². The van der Waals surface area contributed by atoms with Crippen LogP contribution in [-0.2, 0) is 22.0 Å². The summed E-state index contributed by atoms with van der Waals surface area (Å²) in [5.74, 6) is -0.877. The van der Waals surface area contributed by atoms with Crippen LogP contribution in [0.2, 0.25) is 0 Å². The summed E-state index contributed by atoms with van der Waals surface area (Å²) in [6, 6.07) is 2.62. The molecule has 0 fully saturated rings. The fourth-order valence-electron chi connectivity index (χ4n) is 1.30. The zero-order chi connectivity index (χ0) is 13.3. The maximum atomic E-state index is 12.4. The number of benzene rings is 1. The quantitative estimate of drug-likeness (QED) is 0.856. The van der Waals surface area contributed by atoms with E-state index in [1.54, 1.807) is 0 Å². The Morgan fingerprint density at radius 3 is 2.35 bits per heavy atom. The summed E-state index contributed by atoms with van der Waals surface area (Å²) in [5.41, 5.74) is -0.880. The molecule has 7 heteroatoms. The third-order valence-corrected chi connectivity index (χ3v) is 2.70. The molecule has 0 aliphatic heterocycles. The van der Waals surface area contributed by atoms with Gasteiger partial charge in [-0.25, -0.2) is 0 Å². The maximum Gasteiger partial charge on any atom is 0.416 e. The molecular weight excluding hydrogens is 257 g/mol. The van der Waals surface area contributed by atoms with Crippen LogP contribution in [0, 0.1) is 0 Å². The van der Waals surface area contributed by atoms with E-state index in [9.17, 15) is 21.6 Å². The van der Waals surface area contributed by atoms with Crippen LogP contribution in [0.5, 0.6) is 0 Å². The van der Waals surface area contributed by atoms with Crippen molar-refractivity contribution in [2.24, 2.45) is 0 Å². The van der Waals surface area contributed by atoms with E-state index in [1.165, 1.54) is 6.08 Å². The summed E-state index contributed by atoms with van der Waals surface area (Å²) >= 11 is 0. The Kier molecular flexibility index (Phi) is 3.63. The normalized spacial score (nSPS) is 12.5. The van der Waals surface area contributed by atoms with Gasteiger partial charge in [-0.15, -0.1) is 0 Å². The Labute approximate surface area is 96.3 Å². The average molecular weight is 266 g/mol. The van der Waals surface area contributed by atoms with Gasteiger partial charge in [0, 0.05) is 0 Å². The zero-order valence-electron chi connectivity index (χ0n) is 8.53. The predicted molar refractivity (Wildman–Crippen MR) is 56.8 cm³/mol. The van der Waals surface area contributed by atoms with Crippen molar-refractivity contribution in [3.8, 4) is 0 Å². The van der Waals surface area contributed by atoms with Gasteiger partial charge in [-0.2, -0.15) is 21.6 Å². The van der Waals surface area contributed by atoms with Crippen LogP contribution in [-0.4, -0.2) is 13.0 Å². The second-order valence-electron chi connectivity index (χ2n) is 3.34. The van der Waals surface area contributed by atoms with Gasteiger partial charge >= 0.3 is 6.18 Å². The van der Waals surface area contributed by atoms with Crippen molar-refractivity contribution in [3.05, 3.63) is 41.5 Å². The predicted octanol–water partition coefficient (Wildman–Crippen LogP) is 2.74. The van der Waals surface area contributed by atoms with Crippen LogP contribution in [0.15, 0.2) is 24.8 Å². The molecule has 0 aromatic heterocycles. The molecule has 0 saturated heterocycles. The van der Waals surface area contributed by atoms with Crippen molar-refractivity contribution in [2.75, 3.05) is 0 Å². The summed E-state index contributed by atoms with van der Waals surface area (Å²) in [5, 5.41) is 0. The van der Waals surface area contributed by atoms with Crippen molar-refractivity contribution >= 4 is 16.2 Å². The van der Waals surface area contributed by atoms with Gasteiger partial charge in [0.15, 0.2) is 0 Å². The fraction of sp³-hybridized carbons (Fsp3) is 0.200. The highest BCUT2D eigenvalue weighted by Crippen LogP contribution is 2.31. The van der Waals surface area contributed by atoms with E-state index in [-0.39, 0.29) is 11.1 Å². The fourth-order valence-corrected chi connectivity index (χ4v) is 1.95. The van der Waals surface area contributed by atoms with E-state index < -0.39 is 27.6 Å². The molecule has 1 aromatic rings. The highest BCUT2D eigenvalue weighted by atomic mass is 32.2. The first kappa shape index (κ1) is 13.7. The first-order valence-corrected chi connectivity index (χ1v) is 6.02. The van der Waals surface area contributed by atoms with Gasteiger partial charge in [0.1, 0.15) is 5.75 Å². The highest BCUT2D eigenvalue weighted by Gasteiger charge is 2.31.